The van der Waals surface area contributed by atoms with E-state index in [-0.39, 0.29) is 6.10 Å². The summed E-state index contributed by atoms with van der Waals surface area (Å²) in [6.45, 7) is 6.04. The Morgan fingerprint density at radius 2 is 2.06 bits per heavy atom. The molecule has 1 aliphatic rings. The summed E-state index contributed by atoms with van der Waals surface area (Å²) in [6.07, 6.45) is -0.766. The highest BCUT2D eigenvalue weighted by Gasteiger charge is 2.38. The van der Waals surface area contributed by atoms with E-state index in [4.69, 9.17) is 14.2 Å². The molecule has 1 amide bonds. The average molecular weight is 245 g/mol. The zero-order chi connectivity index (χ0) is 13.1. The quantitative estimate of drug-likeness (QED) is 0.698. The second-order valence-electron chi connectivity index (χ2n) is 4.91. The fourth-order valence-electron chi connectivity index (χ4n) is 1.64. The topological polar surface area (TPSA) is 65.1 Å². The largest absolute Gasteiger partial charge is 0.444 e. The van der Waals surface area contributed by atoms with Crippen molar-refractivity contribution in [2.24, 2.45) is 0 Å². The Hall–Kier alpha value is -1.30. The zero-order valence-electron chi connectivity index (χ0n) is 10.6. The Morgan fingerprint density at radius 3 is 2.53 bits per heavy atom. The second-order valence-corrected chi connectivity index (χ2v) is 4.91. The van der Waals surface area contributed by atoms with Crippen molar-refractivity contribution in [3.05, 3.63) is 0 Å². The van der Waals surface area contributed by atoms with Crippen molar-refractivity contribution in [3.63, 3.8) is 0 Å². The molecule has 1 heterocycles. The van der Waals surface area contributed by atoms with E-state index in [0.717, 1.165) is 0 Å². The van der Waals surface area contributed by atoms with Gasteiger partial charge in [-0.05, 0) is 20.8 Å². The maximum Gasteiger partial charge on any atom is 0.413 e. The Balaban J connectivity index is 2.66. The van der Waals surface area contributed by atoms with Gasteiger partial charge in [0.15, 0.2) is 6.23 Å². The molecular formula is C11H19NO5. The first kappa shape index (κ1) is 13.8. The highest BCUT2D eigenvalue weighted by molar-refractivity contribution is 5.69. The summed E-state index contributed by atoms with van der Waals surface area (Å²) in [7, 11) is 1.56. The molecule has 0 radical (unpaired) electrons. The van der Waals surface area contributed by atoms with Gasteiger partial charge in [-0.25, -0.2) is 4.79 Å². The van der Waals surface area contributed by atoms with Crippen molar-refractivity contribution in [3.8, 4) is 0 Å². The van der Waals surface area contributed by atoms with Crippen molar-refractivity contribution < 1.29 is 23.8 Å². The predicted octanol–water partition coefficient (Wildman–Crippen LogP) is 1.14. The number of carbonyl (C=O) groups excluding carboxylic acids is 2. The summed E-state index contributed by atoms with van der Waals surface area (Å²) in [4.78, 5) is 23.6. The number of nitrogens with zero attached hydrogens (tertiary/aromatic N) is 1. The van der Waals surface area contributed by atoms with Crippen LogP contribution in [0.2, 0.25) is 0 Å². The molecule has 0 saturated carbocycles. The summed E-state index contributed by atoms with van der Waals surface area (Å²) >= 11 is 0. The summed E-state index contributed by atoms with van der Waals surface area (Å²) in [6, 6.07) is 0. The summed E-state index contributed by atoms with van der Waals surface area (Å²) < 4.78 is 15.2. The van der Waals surface area contributed by atoms with Gasteiger partial charge in [0.1, 0.15) is 5.60 Å². The van der Waals surface area contributed by atoms with Crippen LogP contribution in [0.5, 0.6) is 0 Å². The Bertz CT molecular complexity index is 286. The van der Waals surface area contributed by atoms with Crippen LogP contribution in [0.15, 0.2) is 0 Å². The summed E-state index contributed by atoms with van der Waals surface area (Å²) in [5, 5.41) is 0. The molecule has 0 spiro atoms. The minimum Gasteiger partial charge on any atom is -0.444 e. The molecule has 2 atom stereocenters. The second kappa shape index (κ2) is 5.35. The fourth-order valence-corrected chi connectivity index (χ4v) is 1.64. The van der Waals surface area contributed by atoms with Crippen LogP contribution in [0, 0.1) is 0 Å². The summed E-state index contributed by atoms with van der Waals surface area (Å²) in [5.41, 5.74) is -0.575. The summed E-state index contributed by atoms with van der Waals surface area (Å²) in [5.74, 6) is 0. The van der Waals surface area contributed by atoms with E-state index >= 15 is 0 Å². The third-order valence-electron chi connectivity index (χ3n) is 2.39. The molecule has 0 bridgehead atoms. The van der Waals surface area contributed by atoms with E-state index in [2.05, 4.69) is 0 Å². The molecule has 0 aromatic carbocycles. The Kier molecular flexibility index (Phi) is 4.34. The number of rotatable bonds is 3. The van der Waals surface area contributed by atoms with E-state index < -0.39 is 17.9 Å². The van der Waals surface area contributed by atoms with Crippen molar-refractivity contribution in [1.29, 1.82) is 0 Å². The lowest BCUT2D eigenvalue weighted by molar-refractivity contribution is -0.139. The molecular weight excluding hydrogens is 226 g/mol. The van der Waals surface area contributed by atoms with Gasteiger partial charge in [0, 0.05) is 13.5 Å². The van der Waals surface area contributed by atoms with Crippen LogP contribution < -0.4 is 0 Å². The van der Waals surface area contributed by atoms with Crippen LogP contribution in [0.4, 0.5) is 4.79 Å². The van der Waals surface area contributed by atoms with E-state index in [1.165, 1.54) is 4.90 Å². The number of hydrogen-bond acceptors (Lipinski definition) is 5. The van der Waals surface area contributed by atoms with Gasteiger partial charge in [-0.3, -0.25) is 9.69 Å². The number of carbonyl (C=O) groups is 2. The maximum atomic E-state index is 11.9. The van der Waals surface area contributed by atoms with Gasteiger partial charge >= 0.3 is 6.09 Å². The molecule has 1 aliphatic heterocycles. The number of ether oxygens (including phenoxy) is 3. The molecule has 6 heteroatoms. The fraction of sp³-hybridized carbons (Fsp3) is 0.818. The molecule has 0 unspecified atom stereocenters. The Labute approximate surface area is 101 Å². The molecule has 0 aromatic heterocycles. The molecule has 1 fully saturated rings. The number of amides is 1. The van der Waals surface area contributed by atoms with Crippen molar-refractivity contribution in [2.45, 2.75) is 45.1 Å². The van der Waals surface area contributed by atoms with Crippen molar-refractivity contribution >= 4 is 12.6 Å². The average Bonchev–Trinajstić information content (AvgIpc) is 2.59. The number of hydrogen-bond donors (Lipinski definition) is 0. The lowest BCUT2D eigenvalue weighted by Crippen LogP contribution is -2.41. The van der Waals surface area contributed by atoms with Gasteiger partial charge < -0.3 is 14.2 Å². The van der Waals surface area contributed by atoms with Crippen LogP contribution in [-0.2, 0) is 19.0 Å². The molecule has 17 heavy (non-hydrogen) atoms. The minimum absolute atomic E-state index is 0.132. The first-order valence-electron chi connectivity index (χ1n) is 5.49. The molecule has 0 N–H and O–H groups in total. The highest BCUT2D eigenvalue weighted by Crippen LogP contribution is 2.23. The predicted molar refractivity (Wildman–Crippen MR) is 59.3 cm³/mol. The van der Waals surface area contributed by atoms with Gasteiger partial charge in [-0.1, -0.05) is 0 Å². The molecule has 98 valence electrons. The minimum atomic E-state index is -0.604. The molecule has 1 rings (SSSR count). The van der Waals surface area contributed by atoms with E-state index in [9.17, 15) is 9.59 Å². The maximum absolute atomic E-state index is 11.9. The van der Waals surface area contributed by atoms with Gasteiger partial charge in [0.05, 0.1) is 12.6 Å². The highest BCUT2D eigenvalue weighted by atomic mass is 16.6. The van der Waals surface area contributed by atoms with E-state index in [1.54, 1.807) is 27.9 Å². The normalized spacial score (nSPS) is 24.6. The zero-order valence-corrected chi connectivity index (χ0v) is 10.6. The van der Waals surface area contributed by atoms with Crippen LogP contribution in [0.3, 0.4) is 0 Å². The molecule has 0 aliphatic carbocycles. The Morgan fingerprint density at radius 1 is 1.41 bits per heavy atom. The first-order valence-corrected chi connectivity index (χ1v) is 5.49. The lowest BCUT2D eigenvalue weighted by Gasteiger charge is -2.27. The standard InChI is InChI=1S/C11H19NO5/c1-11(2,3)17-10(14)12-6-8(15-4)5-9(12)16-7-13/h7-9H,5-6H2,1-4H3/t8-,9+/m0/s1. The molecule has 0 aromatic rings. The van der Waals surface area contributed by atoms with Crippen LogP contribution >= 0.6 is 0 Å². The SMILES string of the molecule is CO[C@H]1C[C@@H](OC=O)N(C(=O)OC(C)(C)C)C1. The van der Waals surface area contributed by atoms with Gasteiger partial charge in [0.25, 0.3) is 6.47 Å². The molecule has 1 saturated heterocycles. The van der Waals surface area contributed by atoms with Gasteiger partial charge in [-0.15, -0.1) is 0 Å². The number of methoxy groups -OCH3 is 1. The van der Waals surface area contributed by atoms with Crippen LogP contribution in [-0.4, -0.2) is 49.1 Å². The van der Waals surface area contributed by atoms with Gasteiger partial charge in [-0.2, -0.15) is 0 Å². The lowest BCUT2D eigenvalue weighted by atomic mass is 10.2. The third-order valence-corrected chi connectivity index (χ3v) is 2.39. The van der Waals surface area contributed by atoms with Crippen LogP contribution in [0.25, 0.3) is 0 Å². The molecule has 6 nitrogen and oxygen atoms in total. The van der Waals surface area contributed by atoms with Gasteiger partial charge in [0.2, 0.25) is 0 Å². The monoisotopic (exact) mass is 245 g/mol. The van der Waals surface area contributed by atoms with E-state index in [1.807, 2.05) is 0 Å². The van der Waals surface area contributed by atoms with Crippen molar-refractivity contribution in [1.82, 2.24) is 4.90 Å². The number of likely N-dealkylation sites (tertiary alicyclic amines) is 1. The van der Waals surface area contributed by atoms with Crippen molar-refractivity contribution in [2.75, 3.05) is 13.7 Å². The third kappa shape index (κ3) is 3.89. The van der Waals surface area contributed by atoms with Crippen LogP contribution in [0.1, 0.15) is 27.2 Å². The van der Waals surface area contributed by atoms with E-state index in [0.29, 0.717) is 19.4 Å². The first-order chi connectivity index (χ1) is 7.87. The smallest absolute Gasteiger partial charge is 0.413 e.